The molecule has 0 bridgehead atoms. The van der Waals surface area contributed by atoms with Crippen molar-refractivity contribution >= 4 is 21.4 Å². The Kier molecular flexibility index (Phi) is 4.65. The maximum Gasteiger partial charge on any atom is 0.256 e. The summed E-state index contributed by atoms with van der Waals surface area (Å²) >= 11 is 5.69. The van der Waals surface area contributed by atoms with Crippen molar-refractivity contribution in [1.29, 1.82) is 0 Å². The molecule has 0 saturated carbocycles. The lowest BCUT2D eigenvalue weighted by Gasteiger charge is -2.27. The molecule has 134 valence electrons. The second kappa shape index (κ2) is 6.47. The van der Waals surface area contributed by atoms with Crippen molar-refractivity contribution in [2.45, 2.75) is 24.7 Å². The standard InChI is InChI=1S/C15H14ClF2N3O3S/c1-25(23,24)15-19-12-4-5-21(7-9(12)14(22)20-15)6-8-11(17)3-2-10(16)13(8)18/h2-3H,4-7H2,1H3,(H,19,20,22). The van der Waals surface area contributed by atoms with Crippen molar-refractivity contribution in [3.63, 3.8) is 0 Å². The van der Waals surface area contributed by atoms with Gasteiger partial charge in [-0.25, -0.2) is 22.2 Å². The van der Waals surface area contributed by atoms with Crippen LogP contribution in [0.1, 0.15) is 16.8 Å². The maximum absolute atomic E-state index is 14.0. The molecule has 1 aromatic carbocycles. The number of nitrogens with one attached hydrogen (secondary N) is 1. The first-order valence-electron chi connectivity index (χ1n) is 7.33. The zero-order valence-electron chi connectivity index (χ0n) is 13.1. The third kappa shape index (κ3) is 3.58. The van der Waals surface area contributed by atoms with Crippen LogP contribution in [0.25, 0.3) is 0 Å². The van der Waals surface area contributed by atoms with Gasteiger partial charge < -0.3 is 0 Å². The predicted molar refractivity (Wildman–Crippen MR) is 87.2 cm³/mol. The Labute approximate surface area is 147 Å². The Morgan fingerprint density at radius 1 is 1.36 bits per heavy atom. The molecule has 2 aromatic rings. The van der Waals surface area contributed by atoms with E-state index in [1.54, 1.807) is 4.90 Å². The van der Waals surface area contributed by atoms with Crippen molar-refractivity contribution in [2.75, 3.05) is 12.8 Å². The number of hydrogen-bond acceptors (Lipinski definition) is 5. The molecule has 6 nitrogen and oxygen atoms in total. The maximum atomic E-state index is 14.0. The fraction of sp³-hybridized carbons (Fsp3) is 0.333. The number of aromatic amines is 1. The van der Waals surface area contributed by atoms with Crippen LogP contribution in [0.2, 0.25) is 5.02 Å². The molecule has 0 spiro atoms. The number of benzene rings is 1. The Morgan fingerprint density at radius 3 is 2.76 bits per heavy atom. The van der Waals surface area contributed by atoms with Gasteiger partial charge in [0.15, 0.2) is 0 Å². The molecule has 0 amide bonds. The summed E-state index contributed by atoms with van der Waals surface area (Å²) in [4.78, 5) is 20.1. The van der Waals surface area contributed by atoms with E-state index in [0.717, 1.165) is 18.4 Å². The average molecular weight is 390 g/mol. The van der Waals surface area contributed by atoms with Crippen molar-refractivity contribution in [1.82, 2.24) is 14.9 Å². The SMILES string of the molecule is CS(=O)(=O)c1nc2c(c(=O)[nH]1)CN(Cc1c(F)ccc(Cl)c1F)CC2. The fourth-order valence-corrected chi connectivity index (χ4v) is 3.44. The Balaban J connectivity index is 1.90. The second-order valence-corrected chi connectivity index (χ2v) is 8.19. The number of nitrogens with zero attached hydrogens (tertiary/aromatic N) is 2. The second-order valence-electron chi connectivity index (χ2n) is 5.85. The highest BCUT2D eigenvalue weighted by Crippen LogP contribution is 2.24. The Hall–Kier alpha value is -1.84. The lowest BCUT2D eigenvalue weighted by molar-refractivity contribution is 0.234. The first-order chi connectivity index (χ1) is 11.7. The van der Waals surface area contributed by atoms with Gasteiger partial charge in [-0.05, 0) is 12.1 Å². The molecule has 25 heavy (non-hydrogen) atoms. The molecule has 0 radical (unpaired) electrons. The number of sulfone groups is 1. The van der Waals surface area contributed by atoms with E-state index in [4.69, 9.17) is 11.6 Å². The van der Waals surface area contributed by atoms with E-state index in [2.05, 4.69) is 9.97 Å². The molecule has 0 unspecified atom stereocenters. The van der Waals surface area contributed by atoms with E-state index in [1.807, 2.05) is 0 Å². The monoisotopic (exact) mass is 389 g/mol. The van der Waals surface area contributed by atoms with Gasteiger partial charge in [0.05, 0.1) is 16.3 Å². The topological polar surface area (TPSA) is 83.1 Å². The van der Waals surface area contributed by atoms with E-state index >= 15 is 0 Å². The van der Waals surface area contributed by atoms with Gasteiger partial charge in [-0.1, -0.05) is 11.6 Å². The first kappa shape index (κ1) is 18.0. The lowest BCUT2D eigenvalue weighted by atomic mass is 10.1. The van der Waals surface area contributed by atoms with Crippen LogP contribution in [0.5, 0.6) is 0 Å². The van der Waals surface area contributed by atoms with Gasteiger partial charge in [0.2, 0.25) is 15.0 Å². The van der Waals surface area contributed by atoms with Crippen molar-refractivity contribution < 1.29 is 17.2 Å². The molecule has 1 N–H and O–H groups in total. The quantitative estimate of drug-likeness (QED) is 0.637. The van der Waals surface area contributed by atoms with Crippen LogP contribution >= 0.6 is 11.6 Å². The van der Waals surface area contributed by atoms with E-state index < -0.39 is 27.0 Å². The molecule has 0 saturated heterocycles. The highest BCUT2D eigenvalue weighted by molar-refractivity contribution is 7.90. The molecule has 2 heterocycles. The Bertz CT molecular complexity index is 1010. The van der Waals surface area contributed by atoms with E-state index in [0.29, 0.717) is 24.2 Å². The van der Waals surface area contributed by atoms with Crippen LogP contribution in [0.3, 0.4) is 0 Å². The number of aromatic nitrogens is 2. The number of hydrogen-bond donors (Lipinski definition) is 1. The molecule has 3 rings (SSSR count). The fourth-order valence-electron chi connectivity index (χ4n) is 2.71. The van der Waals surface area contributed by atoms with Crippen molar-refractivity contribution in [2.24, 2.45) is 0 Å². The third-order valence-electron chi connectivity index (χ3n) is 4.00. The molecule has 0 fully saturated rings. The van der Waals surface area contributed by atoms with Crippen LogP contribution < -0.4 is 5.56 Å². The molecule has 0 atom stereocenters. The molecule has 10 heteroatoms. The molecule has 1 aromatic heterocycles. The summed E-state index contributed by atoms with van der Waals surface area (Å²) < 4.78 is 51.0. The molecular weight excluding hydrogens is 376 g/mol. The first-order valence-corrected chi connectivity index (χ1v) is 9.60. The number of rotatable bonds is 3. The summed E-state index contributed by atoms with van der Waals surface area (Å²) in [6, 6.07) is 2.23. The number of fused-ring (bicyclic) bond motifs is 1. The van der Waals surface area contributed by atoms with E-state index in [1.165, 1.54) is 0 Å². The molecular formula is C15H14ClF2N3O3S. The van der Waals surface area contributed by atoms with Crippen LogP contribution in [0.15, 0.2) is 22.1 Å². The van der Waals surface area contributed by atoms with Gasteiger partial charge in [0, 0.05) is 37.9 Å². The van der Waals surface area contributed by atoms with E-state index in [9.17, 15) is 22.0 Å². The van der Waals surface area contributed by atoms with Gasteiger partial charge >= 0.3 is 0 Å². The molecule has 0 aliphatic carbocycles. The minimum atomic E-state index is -3.63. The summed E-state index contributed by atoms with van der Waals surface area (Å²) in [5, 5.41) is -0.553. The van der Waals surface area contributed by atoms with Gasteiger partial charge in [-0.15, -0.1) is 0 Å². The lowest BCUT2D eigenvalue weighted by Crippen LogP contribution is -2.36. The molecule has 1 aliphatic heterocycles. The molecule has 1 aliphatic rings. The highest BCUT2D eigenvalue weighted by atomic mass is 35.5. The zero-order chi connectivity index (χ0) is 18.4. The van der Waals surface area contributed by atoms with Gasteiger partial charge in [-0.2, -0.15) is 0 Å². The predicted octanol–water partition coefficient (Wildman–Crippen LogP) is 1.66. The largest absolute Gasteiger partial charge is 0.297 e. The van der Waals surface area contributed by atoms with Crippen LogP contribution in [-0.4, -0.2) is 36.1 Å². The van der Waals surface area contributed by atoms with Crippen molar-refractivity contribution in [3.8, 4) is 0 Å². The van der Waals surface area contributed by atoms with E-state index in [-0.39, 0.29) is 28.8 Å². The highest BCUT2D eigenvalue weighted by Gasteiger charge is 2.25. The van der Waals surface area contributed by atoms with Crippen LogP contribution in [0.4, 0.5) is 8.78 Å². The Morgan fingerprint density at radius 2 is 2.08 bits per heavy atom. The van der Waals surface area contributed by atoms with Gasteiger partial charge in [0.1, 0.15) is 11.6 Å². The minimum absolute atomic E-state index is 0.0645. The van der Waals surface area contributed by atoms with Gasteiger partial charge in [-0.3, -0.25) is 14.7 Å². The summed E-state index contributed by atoms with van der Waals surface area (Å²) in [5.74, 6) is -1.54. The van der Waals surface area contributed by atoms with Crippen LogP contribution in [0, 0.1) is 11.6 Å². The summed E-state index contributed by atoms with van der Waals surface area (Å²) in [6.45, 7) is 0.413. The normalized spacial score (nSPS) is 15.2. The number of H-pyrrole nitrogens is 1. The third-order valence-corrected chi connectivity index (χ3v) is 5.19. The smallest absolute Gasteiger partial charge is 0.256 e. The summed E-state index contributed by atoms with van der Waals surface area (Å²) in [5.41, 5.74) is -0.0655. The average Bonchev–Trinajstić information content (AvgIpc) is 2.54. The van der Waals surface area contributed by atoms with Crippen molar-refractivity contribution in [3.05, 3.63) is 56.0 Å². The summed E-state index contributed by atoms with van der Waals surface area (Å²) in [6.07, 6.45) is 1.25. The number of halogens is 3. The van der Waals surface area contributed by atoms with Gasteiger partial charge in [0.25, 0.3) is 5.56 Å². The summed E-state index contributed by atoms with van der Waals surface area (Å²) in [7, 11) is -3.63. The van der Waals surface area contributed by atoms with Crippen LogP contribution in [-0.2, 0) is 29.3 Å². The zero-order valence-corrected chi connectivity index (χ0v) is 14.7. The minimum Gasteiger partial charge on any atom is -0.297 e.